The van der Waals surface area contributed by atoms with E-state index in [0.717, 1.165) is 6.54 Å². The molecular weight excluding hydrogens is 679 g/mol. The van der Waals surface area contributed by atoms with Crippen molar-refractivity contribution < 1.29 is 48.9 Å². The molecule has 0 rings (SSSR count). The van der Waals surface area contributed by atoms with Crippen LogP contribution in [0.15, 0.2) is 0 Å². The van der Waals surface area contributed by atoms with Gasteiger partial charge in [0.1, 0.15) is 5.78 Å². The molecule has 0 aromatic rings. The Labute approximate surface area is 226 Å². The minimum Gasteiger partial charge on any atom is -0.465 e. The maximum atomic E-state index is 11.4. The number of amides is 1. The minimum atomic E-state index is -1.91. The standard InChI is InChI=1S/C14H27N2O2.C8H23O2Si3.U/c1-11(2)13(17)7-5-6-8-14(18)16-10-9-15-12(3)4;1-11(2,3)9-13(7,8)10-12(4,5)6;/h5,11-12,15H,6-10H2,1-4H3,(H,16,18);1H2,2-8H3;/q2*-1;+2. The fraction of sp³-hybridized carbons (Fsp3) is 0.818. The number of nitrogens with one attached hydrogen (secondary N) is 2. The van der Waals surface area contributed by atoms with Crippen molar-refractivity contribution in [3.05, 3.63) is 13.0 Å². The Hall–Kier alpha value is 0.723. The van der Waals surface area contributed by atoms with Crippen molar-refractivity contribution in [2.45, 2.75) is 98.8 Å². The van der Waals surface area contributed by atoms with Gasteiger partial charge in [-0.25, -0.2) is 0 Å². The van der Waals surface area contributed by atoms with Gasteiger partial charge in [-0.15, -0.1) is 6.42 Å². The summed E-state index contributed by atoms with van der Waals surface area (Å²) in [5.41, 5.74) is 0. The maximum Gasteiger partial charge on any atom is 2.00 e. The van der Waals surface area contributed by atoms with Crippen LogP contribution in [0.3, 0.4) is 0 Å². The van der Waals surface area contributed by atoms with Gasteiger partial charge in [0.2, 0.25) is 5.91 Å². The Morgan fingerprint density at radius 1 is 0.938 bits per heavy atom. The largest absolute Gasteiger partial charge is 2.00 e. The van der Waals surface area contributed by atoms with Gasteiger partial charge in [0.05, 0.1) is 0 Å². The molecule has 0 radical (unpaired) electrons. The molecule has 0 heterocycles. The molecule has 0 spiro atoms. The molecule has 0 aliphatic carbocycles. The molecule has 0 atom stereocenters. The number of unbranched alkanes of at least 4 members (excludes halogenated alkanes) is 1. The normalized spacial score (nSPS) is 12.2. The van der Waals surface area contributed by atoms with Crippen LogP contribution in [0.1, 0.15) is 47.0 Å². The van der Waals surface area contributed by atoms with E-state index in [0.29, 0.717) is 31.8 Å². The van der Waals surface area contributed by atoms with Gasteiger partial charge in [-0.05, 0) is 39.2 Å². The van der Waals surface area contributed by atoms with Crippen LogP contribution in [0, 0.1) is 50.0 Å². The Morgan fingerprint density at radius 2 is 1.47 bits per heavy atom. The number of carbonyl (C=O) groups is 2. The molecule has 2 N–H and O–H groups in total. The predicted octanol–water partition coefficient (Wildman–Crippen LogP) is 4.83. The zero-order valence-electron chi connectivity index (χ0n) is 22.6. The summed E-state index contributed by atoms with van der Waals surface area (Å²) in [6.45, 7) is 28.5. The van der Waals surface area contributed by atoms with E-state index in [1.807, 2.05) is 20.3 Å². The van der Waals surface area contributed by atoms with Gasteiger partial charge in [0, 0.05) is 33.4 Å². The van der Waals surface area contributed by atoms with Crippen LogP contribution in [-0.2, 0) is 17.8 Å². The van der Waals surface area contributed by atoms with E-state index >= 15 is 0 Å². The number of rotatable bonds is 14. The van der Waals surface area contributed by atoms with E-state index in [-0.39, 0.29) is 48.7 Å². The summed E-state index contributed by atoms with van der Waals surface area (Å²) >= 11 is 0. The Kier molecular flexibility index (Phi) is 21.0. The molecule has 0 unspecified atom stereocenters. The molecule has 0 saturated carbocycles. The molecule has 0 aromatic carbocycles. The van der Waals surface area contributed by atoms with E-state index in [1.165, 1.54) is 0 Å². The summed E-state index contributed by atoms with van der Waals surface area (Å²) < 4.78 is 12.0. The third-order valence-corrected chi connectivity index (χ3v) is 12.2. The molecule has 6 nitrogen and oxygen atoms in total. The van der Waals surface area contributed by atoms with Crippen LogP contribution in [0.25, 0.3) is 0 Å². The Morgan fingerprint density at radius 3 is 1.88 bits per heavy atom. The molecule has 10 heteroatoms. The Bertz CT molecular complexity index is 502. The van der Waals surface area contributed by atoms with Crippen LogP contribution < -0.4 is 10.6 Å². The van der Waals surface area contributed by atoms with Crippen LogP contribution in [0.2, 0.25) is 45.8 Å². The minimum absolute atomic E-state index is 0. The second-order valence-electron chi connectivity index (χ2n) is 10.6. The van der Waals surface area contributed by atoms with E-state index in [4.69, 9.17) is 8.23 Å². The van der Waals surface area contributed by atoms with Crippen molar-refractivity contribution in [2.24, 2.45) is 5.92 Å². The summed E-state index contributed by atoms with van der Waals surface area (Å²) in [6.07, 6.45) is 3.50. The van der Waals surface area contributed by atoms with Crippen molar-refractivity contribution in [2.75, 3.05) is 13.1 Å². The first-order valence-electron chi connectivity index (χ1n) is 11.4. The molecule has 0 aromatic heterocycles. The molecule has 0 bridgehead atoms. The quantitative estimate of drug-likeness (QED) is 0.152. The van der Waals surface area contributed by atoms with Crippen LogP contribution in [-0.4, -0.2) is 56.0 Å². The fourth-order valence-corrected chi connectivity index (χ4v) is 14.6. The molecule has 32 heavy (non-hydrogen) atoms. The van der Waals surface area contributed by atoms with Gasteiger partial charge in [0.25, 0.3) is 0 Å². The van der Waals surface area contributed by atoms with Crippen LogP contribution >= 0.6 is 0 Å². The zero-order valence-corrected chi connectivity index (χ0v) is 29.8. The second kappa shape index (κ2) is 18.1. The molecule has 1 amide bonds. The smallest absolute Gasteiger partial charge is 0.465 e. The van der Waals surface area contributed by atoms with E-state index in [1.54, 1.807) is 0 Å². The molecule has 0 aliphatic heterocycles. The first-order valence-corrected chi connectivity index (χ1v) is 20.8. The van der Waals surface area contributed by atoms with Crippen molar-refractivity contribution in [1.82, 2.24) is 10.6 Å². The Balaban J connectivity index is -0.000000535. The molecule has 0 saturated heterocycles. The first-order chi connectivity index (χ1) is 13.8. The fourth-order valence-electron chi connectivity index (χ4n) is 2.79. The van der Waals surface area contributed by atoms with Gasteiger partial charge in [-0.3, -0.25) is 4.79 Å². The number of hydrogen-bond acceptors (Lipinski definition) is 5. The van der Waals surface area contributed by atoms with Crippen molar-refractivity contribution in [3.8, 4) is 0 Å². The average molecular weight is 729 g/mol. The van der Waals surface area contributed by atoms with Crippen molar-refractivity contribution in [3.63, 3.8) is 0 Å². The second-order valence-corrected chi connectivity index (χ2v) is 22.8. The predicted molar refractivity (Wildman–Crippen MR) is 140 cm³/mol. The van der Waals surface area contributed by atoms with Gasteiger partial charge in [-0.1, -0.05) is 40.8 Å². The number of hydrogen-bond donors (Lipinski definition) is 2. The number of Topliss-reactive ketones (excluding diaryl/α,β-unsaturated/α-hetero) is 1. The SMILES string of the molecule is CC(C)NCCNC(=O)CC[CH-]CC(=O)C(C)C.[CH2-][Si](C)(C)O[Si](C)(C)O[Si](C)(C)C.[U+2]. The third-order valence-electron chi connectivity index (χ3n) is 3.64. The number of ketones is 1. The third kappa shape index (κ3) is 28.8. The van der Waals surface area contributed by atoms with Gasteiger partial charge >= 0.3 is 39.7 Å². The molecule has 0 fully saturated rings. The van der Waals surface area contributed by atoms with E-state index in [9.17, 15) is 9.59 Å². The van der Waals surface area contributed by atoms with Crippen molar-refractivity contribution >= 4 is 36.9 Å². The monoisotopic (exact) mass is 728 g/mol. The van der Waals surface area contributed by atoms with Crippen molar-refractivity contribution in [1.29, 1.82) is 0 Å². The van der Waals surface area contributed by atoms with E-state index < -0.39 is 25.2 Å². The summed E-state index contributed by atoms with van der Waals surface area (Å²) in [5.74, 6) is 0.363. The van der Waals surface area contributed by atoms with Crippen LogP contribution in [0.4, 0.5) is 0 Å². The molecule has 0 aliphatic rings. The van der Waals surface area contributed by atoms with Gasteiger partial charge in [-0.2, -0.15) is 6.42 Å². The average Bonchev–Trinajstić information content (AvgIpc) is 2.51. The molecular formula is C22H50N2O4Si3U. The summed E-state index contributed by atoms with van der Waals surface area (Å²) in [4.78, 5) is 22.7. The first kappa shape index (κ1) is 37.3. The van der Waals surface area contributed by atoms with E-state index in [2.05, 4.69) is 76.9 Å². The summed E-state index contributed by atoms with van der Waals surface area (Å²) in [5, 5.41) is 6.07. The zero-order chi connectivity index (χ0) is 24.9. The number of carbonyl (C=O) groups excluding carboxylic acids is 2. The van der Waals surface area contributed by atoms with Crippen LogP contribution in [0.5, 0.6) is 0 Å². The molecule has 188 valence electrons. The summed E-state index contributed by atoms with van der Waals surface area (Å²) in [7, 11) is -5.06. The topological polar surface area (TPSA) is 76.7 Å². The van der Waals surface area contributed by atoms with Gasteiger partial charge < -0.3 is 36.6 Å². The maximum absolute atomic E-state index is 11.4. The van der Waals surface area contributed by atoms with Gasteiger partial charge in [0.15, 0.2) is 8.32 Å². The summed E-state index contributed by atoms with van der Waals surface area (Å²) in [6, 6.07) is 0.442.